The first kappa shape index (κ1) is 16.2. The molecule has 0 radical (unpaired) electrons. The summed E-state index contributed by atoms with van der Waals surface area (Å²) < 4.78 is 5.42. The molecule has 4 aromatic rings. The van der Waals surface area contributed by atoms with Gasteiger partial charge in [-0.3, -0.25) is 0 Å². The number of ether oxygens (including phenoxy) is 1. The third kappa shape index (κ3) is 3.41. The molecule has 0 unspecified atom stereocenters. The molecule has 0 saturated carbocycles. The van der Waals surface area contributed by atoms with Crippen LogP contribution in [0.15, 0.2) is 73.1 Å². The monoisotopic (exact) mass is 360 g/mol. The van der Waals surface area contributed by atoms with E-state index in [0.717, 1.165) is 32.6 Å². The second kappa shape index (κ2) is 7.33. The number of anilines is 2. The van der Waals surface area contributed by atoms with Crippen LogP contribution < -0.4 is 10.1 Å². The SMILES string of the molecule is COc1ccccc1-c1ccnc(Nc2ncc(-c3ccccc3)s2)n1. The average Bonchev–Trinajstić information content (AvgIpc) is 3.17. The summed E-state index contributed by atoms with van der Waals surface area (Å²) in [6.45, 7) is 0. The number of thiazole rings is 1. The van der Waals surface area contributed by atoms with Crippen LogP contribution in [0, 0.1) is 0 Å². The van der Waals surface area contributed by atoms with Gasteiger partial charge in [0.1, 0.15) is 5.75 Å². The highest BCUT2D eigenvalue weighted by Crippen LogP contribution is 2.31. The summed E-state index contributed by atoms with van der Waals surface area (Å²) in [4.78, 5) is 14.4. The predicted molar refractivity (Wildman–Crippen MR) is 105 cm³/mol. The van der Waals surface area contributed by atoms with Gasteiger partial charge in [-0.1, -0.05) is 53.8 Å². The van der Waals surface area contributed by atoms with Gasteiger partial charge in [0, 0.05) is 18.0 Å². The molecule has 6 heteroatoms. The van der Waals surface area contributed by atoms with Gasteiger partial charge in [-0.05, 0) is 23.8 Å². The van der Waals surface area contributed by atoms with E-state index < -0.39 is 0 Å². The summed E-state index contributed by atoms with van der Waals surface area (Å²) in [5.41, 5.74) is 2.85. The van der Waals surface area contributed by atoms with E-state index in [1.807, 2.05) is 54.7 Å². The van der Waals surface area contributed by atoms with E-state index in [1.165, 1.54) is 0 Å². The van der Waals surface area contributed by atoms with Crippen molar-refractivity contribution in [3.8, 4) is 27.4 Å². The minimum atomic E-state index is 0.502. The zero-order valence-electron chi connectivity index (χ0n) is 14.1. The van der Waals surface area contributed by atoms with Crippen LogP contribution in [0.5, 0.6) is 5.75 Å². The highest BCUT2D eigenvalue weighted by Gasteiger charge is 2.09. The van der Waals surface area contributed by atoms with Gasteiger partial charge in [-0.15, -0.1) is 0 Å². The lowest BCUT2D eigenvalue weighted by atomic mass is 10.1. The smallest absolute Gasteiger partial charge is 0.229 e. The Labute approximate surface area is 155 Å². The van der Waals surface area contributed by atoms with Crippen LogP contribution in [0.1, 0.15) is 0 Å². The number of hydrogen-bond acceptors (Lipinski definition) is 6. The number of para-hydroxylation sites is 1. The van der Waals surface area contributed by atoms with E-state index >= 15 is 0 Å². The topological polar surface area (TPSA) is 59.9 Å². The first-order chi connectivity index (χ1) is 12.8. The molecule has 2 heterocycles. The minimum absolute atomic E-state index is 0.502. The molecule has 2 aromatic heterocycles. The Kier molecular flexibility index (Phi) is 4.57. The van der Waals surface area contributed by atoms with Crippen molar-refractivity contribution in [2.45, 2.75) is 0 Å². The molecule has 1 N–H and O–H groups in total. The van der Waals surface area contributed by atoms with Gasteiger partial charge < -0.3 is 10.1 Å². The van der Waals surface area contributed by atoms with Crippen molar-refractivity contribution in [2.75, 3.05) is 12.4 Å². The molecule has 0 amide bonds. The molecular formula is C20H16N4OS. The van der Waals surface area contributed by atoms with Gasteiger partial charge in [0.15, 0.2) is 5.13 Å². The first-order valence-corrected chi connectivity index (χ1v) is 8.90. The molecule has 2 aromatic carbocycles. The summed E-state index contributed by atoms with van der Waals surface area (Å²) in [5, 5.41) is 3.94. The van der Waals surface area contributed by atoms with Gasteiger partial charge in [-0.25, -0.2) is 15.0 Å². The van der Waals surface area contributed by atoms with E-state index in [1.54, 1.807) is 24.6 Å². The van der Waals surface area contributed by atoms with E-state index in [4.69, 9.17) is 4.74 Å². The maximum atomic E-state index is 5.42. The lowest BCUT2D eigenvalue weighted by molar-refractivity contribution is 0.416. The molecule has 0 saturated heterocycles. The van der Waals surface area contributed by atoms with Crippen molar-refractivity contribution < 1.29 is 4.74 Å². The number of nitrogens with zero attached hydrogens (tertiary/aromatic N) is 3. The van der Waals surface area contributed by atoms with Crippen molar-refractivity contribution in [2.24, 2.45) is 0 Å². The van der Waals surface area contributed by atoms with E-state index in [0.29, 0.717) is 5.95 Å². The molecular weight excluding hydrogens is 344 g/mol. The summed E-state index contributed by atoms with van der Waals surface area (Å²) in [5.74, 6) is 1.28. The number of benzene rings is 2. The van der Waals surface area contributed by atoms with Crippen molar-refractivity contribution in [3.05, 3.63) is 73.1 Å². The van der Waals surface area contributed by atoms with Crippen LogP contribution in [-0.2, 0) is 0 Å². The normalized spacial score (nSPS) is 10.5. The molecule has 128 valence electrons. The zero-order valence-corrected chi connectivity index (χ0v) is 14.9. The minimum Gasteiger partial charge on any atom is -0.496 e. The lowest BCUT2D eigenvalue weighted by Crippen LogP contribution is -1.98. The Morgan fingerprint density at radius 3 is 2.58 bits per heavy atom. The van der Waals surface area contributed by atoms with Crippen molar-refractivity contribution >= 4 is 22.4 Å². The summed E-state index contributed by atoms with van der Waals surface area (Å²) in [6.07, 6.45) is 3.58. The van der Waals surface area contributed by atoms with E-state index in [2.05, 4.69) is 32.4 Å². The maximum absolute atomic E-state index is 5.42. The second-order valence-corrected chi connectivity index (χ2v) is 6.52. The fourth-order valence-electron chi connectivity index (χ4n) is 2.59. The van der Waals surface area contributed by atoms with Gasteiger partial charge in [0.05, 0.1) is 17.7 Å². The average molecular weight is 360 g/mol. The van der Waals surface area contributed by atoms with Gasteiger partial charge >= 0.3 is 0 Å². The van der Waals surface area contributed by atoms with Crippen LogP contribution in [-0.4, -0.2) is 22.1 Å². The Balaban J connectivity index is 1.59. The van der Waals surface area contributed by atoms with Gasteiger partial charge in [-0.2, -0.15) is 0 Å². The number of nitrogens with one attached hydrogen (secondary N) is 1. The molecule has 0 aliphatic heterocycles. The predicted octanol–water partition coefficient (Wildman–Crippen LogP) is 5.02. The standard InChI is InChI=1S/C20H16N4OS/c1-25-17-10-6-5-9-15(17)16-11-12-21-19(23-16)24-20-22-13-18(26-20)14-7-3-2-4-8-14/h2-13H,1H3,(H,21,22,23,24). The Morgan fingerprint density at radius 2 is 1.73 bits per heavy atom. The summed E-state index contributed by atoms with van der Waals surface area (Å²) in [7, 11) is 1.65. The van der Waals surface area contributed by atoms with Crippen molar-refractivity contribution in [1.82, 2.24) is 15.0 Å². The molecule has 0 atom stereocenters. The highest BCUT2D eigenvalue weighted by atomic mass is 32.1. The summed E-state index contributed by atoms with van der Waals surface area (Å²) in [6, 6.07) is 19.8. The lowest BCUT2D eigenvalue weighted by Gasteiger charge is -2.08. The van der Waals surface area contributed by atoms with E-state index in [-0.39, 0.29) is 0 Å². The molecule has 0 aliphatic carbocycles. The van der Waals surface area contributed by atoms with Crippen molar-refractivity contribution in [3.63, 3.8) is 0 Å². The number of hydrogen-bond donors (Lipinski definition) is 1. The molecule has 5 nitrogen and oxygen atoms in total. The number of aromatic nitrogens is 3. The van der Waals surface area contributed by atoms with E-state index in [9.17, 15) is 0 Å². The Bertz CT molecular complexity index is 1020. The molecule has 0 fully saturated rings. The fourth-order valence-corrected chi connectivity index (χ4v) is 3.40. The van der Waals surface area contributed by atoms with Crippen LogP contribution in [0.2, 0.25) is 0 Å². The van der Waals surface area contributed by atoms with Crippen molar-refractivity contribution in [1.29, 1.82) is 0 Å². The largest absolute Gasteiger partial charge is 0.496 e. The molecule has 4 rings (SSSR count). The summed E-state index contributed by atoms with van der Waals surface area (Å²) >= 11 is 1.56. The quantitative estimate of drug-likeness (QED) is 0.541. The zero-order chi connectivity index (χ0) is 17.8. The Hall–Kier alpha value is -3.25. The third-order valence-electron chi connectivity index (χ3n) is 3.82. The molecule has 26 heavy (non-hydrogen) atoms. The highest BCUT2D eigenvalue weighted by molar-refractivity contribution is 7.18. The van der Waals surface area contributed by atoms with Crippen LogP contribution >= 0.6 is 11.3 Å². The molecule has 0 bridgehead atoms. The fraction of sp³-hybridized carbons (Fsp3) is 0.0500. The maximum Gasteiger partial charge on any atom is 0.229 e. The van der Waals surface area contributed by atoms with Crippen LogP contribution in [0.4, 0.5) is 11.1 Å². The molecule has 0 aliphatic rings. The number of rotatable bonds is 5. The van der Waals surface area contributed by atoms with Crippen LogP contribution in [0.3, 0.4) is 0 Å². The number of methoxy groups -OCH3 is 1. The first-order valence-electron chi connectivity index (χ1n) is 8.08. The van der Waals surface area contributed by atoms with Crippen LogP contribution in [0.25, 0.3) is 21.7 Å². The molecule has 0 spiro atoms. The van der Waals surface area contributed by atoms with Gasteiger partial charge in [0.25, 0.3) is 0 Å². The van der Waals surface area contributed by atoms with Gasteiger partial charge in [0.2, 0.25) is 5.95 Å². The second-order valence-electron chi connectivity index (χ2n) is 5.49. The Morgan fingerprint density at radius 1 is 0.923 bits per heavy atom. The third-order valence-corrected chi connectivity index (χ3v) is 4.78.